The molecule has 19 heavy (non-hydrogen) atoms. The van der Waals surface area contributed by atoms with Crippen molar-refractivity contribution in [1.82, 2.24) is 4.98 Å². The Morgan fingerprint density at radius 3 is 2.89 bits per heavy atom. The first-order chi connectivity index (χ1) is 9.28. The van der Waals surface area contributed by atoms with Gasteiger partial charge in [-0.15, -0.1) is 0 Å². The topological polar surface area (TPSA) is 66.2 Å². The molecule has 5 heteroatoms. The van der Waals surface area contributed by atoms with E-state index in [0.717, 1.165) is 17.9 Å². The molecule has 0 spiro atoms. The number of hydrogen-bond donors (Lipinski definition) is 3. The van der Waals surface area contributed by atoms with E-state index in [1.165, 1.54) is 12.7 Å². The molecule has 0 fully saturated rings. The highest BCUT2D eigenvalue weighted by molar-refractivity contribution is 5.92. The lowest BCUT2D eigenvalue weighted by Crippen LogP contribution is -2.17. The lowest BCUT2D eigenvalue weighted by atomic mass is 10.2. The van der Waals surface area contributed by atoms with Gasteiger partial charge in [-0.25, -0.2) is 0 Å². The molecule has 0 atom stereocenters. The Kier molecular flexibility index (Phi) is 4.58. The molecule has 0 aliphatic heterocycles. The number of ether oxygens (including phenoxy) is 1. The Labute approximate surface area is 112 Å². The van der Waals surface area contributed by atoms with Crippen molar-refractivity contribution in [3.8, 4) is 0 Å². The summed E-state index contributed by atoms with van der Waals surface area (Å²) in [6.07, 6.45) is 3.83. The Bertz CT molecular complexity index is 523. The van der Waals surface area contributed by atoms with E-state index >= 15 is 0 Å². The average Bonchev–Trinajstić information content (AvgIpc) is 2.90. The molecule has 1 aromatic heterocycles. The number of carbonyl (C=O) groups excluding carboxylic acids is 1. The summed E-state index contributed by atoms with van der Waals surface area (Å²) in [5.74, 6) is -0.162. The molecule has 0 bridgehead atoms. The number of methoxy groups -OCH3 is 1. The Balaban J connectivity index is 1.93. The normalized spacial score (nSPS) is 10.2. The summed E-state index contributed by atoms with van der Waals surface area (Å²) in [7, 11) is 1.49. The van der Waals surface area contributed by atoms with Crippen molar-refractivity contribution in [3.63, 3.8) is 0 Å². The summed E-state index contributed by atoms with van der Waals surface area (Å²) in [6.45, 7) is 0.792. The van der Waals surface area contributed by atoms with Crippen LogP contribution < -0.4 is 10.6 Å². The van der Waals surface area contributed by atoms with Gasteiger partial charge in [0.2, 0.25) is 5.91 Å². The maximum Gasteiger partial charge on any atom is 0.250 e. The predicted octanol–water partition coefficient (Wildman–Crippen LogP) is 2.21. The van der Waals surface area contributed by atoms with Gasteiger partial charge in [0.15, 0.2) is 0 Å². The second kappa shape index (κ2) is 6.61. The van der Waals surface area contributed by atoms with Crippen LogP contribution >= 0.6 is 0 Å². The third-order valence-electron chi connectivity index (χ3n) is 2.58. The zero-order chi connectivity index (χ0) is 13.5. The number of nitrogens with one attached hydrogen (secondary N) is 3. The number of aromatic amines is 1. The summed E-state index contributed by atoms with van der Waals surface area (Å²) in [4.78, 5) is 14.4. The van der Waals surface area contributed by atoms with Crippen LogP contribution in [0.15, 0.2) is 42.7 Å². The Hall–Kier alpha value is -2.27. The zero-order valence-electron chi connectivity index (χ0n) is 10.8. The van der Waals surface area contributed by atoms with E-state index in [1.807, 2.05) is 42.7 Å². The van der Waals surface area contributed by atoms with Gasteiger partial charge in [-0.05, 0) is 29.8 Å². The van der Waals surface area contributed by atoms with E-state index < -0.39 is 0 Å². The maximum absolute atomic E-state index is 11.4. The van der Waals surface area contributed by atoms with Gasteiger partial charge in [0.25, 0.3) is 0 Å². The van der Waals surface area contributed by atoms with E-state index in [0.29, 0.717) is 0 Å². The van der Waals surface area contributed by atoms with Crippen LogP contribution in [0.3, 0.4) is 0 Å². The molecule has 0 aliphatic carbocycles. The van der Waals surface area contributed by atoms with Gasteiger partial charge in [-0.1, -0.05) is 6.07 Å². The fourth-order valence-electron chi connectivity index (χ4n) is 1.71. The Morgan fingerprint density at radius 2 is 2.16 bits per heavy atom. The van der Waals surface area contributed by atoms with E-state index in [9.17, 15) is 4.79 Å². The Morgan fingerprint density at radius 1 is 1.32 bits per heavy atom. The molecule has 2 aromatic rings. The first kappa shape index (κ1) is 13.2. The fourth-order valence-corrected chi connectivity index (χ4v) is 1.71. The second-order valence-corrected chi connectivity index (χ2v) is 4.13. The molecule has 5 nitrogen and oxygen atoms in total. The maximum atomic E-state index is 11.4. The van der Waals surface area contributed by atoms with E-state index in [1.54, 1.807) is 0 Å². The van der Waals surface area contributed by atoms with Crippen LogP contribution in [0, 0.1) is 0 Å². The summed E-state index contributed by atoms with van der Waals surface area (Å²) in [6, 6.07) is 9.59. The molecule has 1 aromatic carbocycles. The minimum atomic E-state index is -0.162. The molecule has 2 rings (SSSR count). The molecular weight excluding hydrogens is 242 g/mol. The van der Waals surface area contributed by atoms with Gasteiger partial charge in [0.1, 0.15) is 6.61 Å². The van der Waals surface area contributed by atoms with Crippen LogP contribution in [0.4, 0.5) is 11.4 Å². The van der Waals surface area contributed by atoms with Crippen molar-refractivity contribution in [2.24, 2.45) is 0 Å². The molecule has 100 valence electrons. The van der Waals surface area contributed by atoms with E-state index in [2.05, 4.69) is 15.6 Å². The fraction of sp³-hybridized carbons (Fsp3) is 0.214. The molecule has 0 unspecified atom stereocenters. The molecular formula is C14H17N3O2. The van der Waals surface area contributed by atoms with Crippen LogP contribution in [-0.4, -0.2) is 24.6 Å². The number of H-pyrrole nitrogens is 1. The van der Waals surface area contributed by atoms with Gasteiger partial charge < -0.3 is 20.4 Å². The SMILES string of the molecule is COCC(=O)Nc1cccc(NCc2cc[nH]c2)c1. The van der Waals surface area contributed by atoms with Crippen LogP contribution in [0.1, 0.15) is 5.56 Å². The number of benzene rings is 1. The minimum Gasteiger partial charge on any atom is -0.381 e. The van der Waals surface area contributed by atoms with E-state index in [4.69, 9.17) is 4.74 Å². The van der Waals surface area contributed by atoms with Crippen LogP contribution in [0.5, 0.6) is 0 Å². The first-order valence-electron chi connectivity index (χ1n) is 6.02. The van der Waals surface area contributed by atoms with Gasteiger partial charge in [0, 0.05) is 37.4 Å². The molecule has 1 heterocycles. The second-order valence-electron chi connectivity index (χ2n) is 4.13. The summed E-state index contributed by atoms with van der Waals surface area (Å²) in [5.41, 5.74) is 2.88. The van der Waals surface area contributed by atoms with Crippen LogP contribution in [-0.2, 0) is 16.1 Å². The highest BCUT2D eigenvalue weighted by Gasteiger charge is 2.02. The quantitative estimate of drug-likeness (QED) is 0.745. The third kappa shape index (κ3) is 4.15. The monoisotopic (exact) mass is 259 g/mol. The smallest absolute Gasteiger partial charge is 0.250 e. The van der Waals surface area contributed by atoms with Crippen molar-refractivity contribution in [1.29, 1.82) is 0 Å². The summed E-state index contributed by atoms with van der Waals surface area (Å²) < 4.78 is 4.77. The molecule has 3 N–H and O–H groups in total. The first-order valence-corrected chi connectivity index (χ1v) is 6.02. The number of anilines is 2. The van der Waals surface area contributed by atoms with Crippen molar-refractivity contribution in [3.05, 3.63) is 48.3 Å². The van der Waals surface area contributed by atoms with Crippen molar-refractivity contribution in [2.45, 2.75) is 6.54 Å². The zero-order valence-corrected chi connectivity index (χ0v) is 10.8. The minimum absolute atomic E-state index is 0.0566. The molecule has 0 saturated heterocycles. The van der Waals surface area contributed by atoms with E-state index in [-0.39, 0.29) is 12.5 Å². The lowest BCUT2D eigenvalue weighted by Gasteiger charge is -2.08. The van der Waals surface area contributed by atoms with Gasteiger partial charge in [0.05, 0.1) is 0 Å². The highest BCUT2D eigenvalue weighted by Crippen LogP contribution is 2.15. The van der Waals surface area contributed by atoms with Crippen molar-refractivity contribution >= 4 is 17.3 Å². The average molecular weight is 259 g/mol. The van der Waals surface area contributed by atoms with Gasteiger partial charge >= 0.3 is 0 Å². The van der Waals surface area contributed by atoms with Crippen LogP contribution in [0.25, 0.3) is 0 Å². The largest absolute Gasteiger partial charge is 0.381 e. The highest BCUT2D eigenvalue weighted by atomic mass is 16.5. The number of amides is 1. The number of aromatic nitrogens is 1. The van der Waals surface area contributed by atoms with Gasteiger partial charge in [-0.3, -0.25) is 4.79 Å². The van der Waals surface area contributed by atoms with Gasteiger partial charge in [-0.2, -0.15) is 0 Å². The molecule has 0 radical (unpaired) electrons. The van der Waals surface area contributed by atoms with Crippen molar-refractivity contribution in [2.75, 3.05) is 24.4 Å². The number of carbonyl (C=O) groups is 1. The molecule has 1 amide bonds. The number of hydrogen-bond acceptors (Lipinski definition) is 3. The molecule has 0 aliphatic rings. The van der Waals surface area contributed by atoms with Crippen molar-refractivity contribution < 1.29 is 9.53 Å². The number of rotatable bonds is 6. The van der Waals surface area contributed by atoms with Crippen LogP contribution in [0.2, 0.25) is 0 Å². The lowest BCUT2D eigenvalue weighted by molar-refractivity contribution is -0.119. The third-order valence-corrected chi connectivity index (χ3v) is 2.58. The molecule has 0 saturated carbocycles. The summed E-state index contributed by atoms with van der Waals surface area (Å²) in [5, 5.41) is 6.06. The standard InChI is InChI=1S/C14H17N3O2/c1-19-10-14(18)17-13-4-2-3-12(7-13)16-9-11-5-6-15-8-11/h2-8,15-16H,9-10H2,1H3,(H,17,18). The predicted molar refractivity (Wildman–Crippen MR) is 75.1 cm³/mol. The summed E-state index contributed by atoms with van der Waals surface area (Å²) >= 11 is 0.